The third kappa shape index (κ3) is 4.65. The Labute approximate surface area is 168 Å². The van der Waals surface area contributed by atoms with Crippen molar-refractivity contribution in [2.75, 3.05) is 21.2 Å². The minimum absolute atomic E-state index is 0.0905. The van der Waals surface area contributed by atoms with E-state index in [1.807, 2.05) is 48.5 Å². The summed E-state index contributed by atoms with van der Waals surface area (Å²) in [6.07, 6.45) is 0. The van der Waals surface area contributed by atoms with Crippen LogP contribution in [-0.2, 0) is 13.2 Å². The number of nitrogens with one attached hydrogen (secondary N) is 2. The van der Waals surface area contributed by atoms with Gasteiger partial charge in [-0.25, -0.2) is 0 Å². The lowest BCUT2D eigenvalue weighted by molar-refractivity contribution is -0.917. The van der Waals surface area contributed by atoms with Gasteiger partial charge in [-0.2, -0.15) is 4.68 Å². The van der Waals surface area contributed by atoms with Crippen molar-refractivity contribution < 1.29 is 18.8 Å². The highest BCUT2D eigenvalue weighted by Gasteiger charge is 2.13. The lowest BCUT2D eigenvalue weighted by Crippen LogP contribution is -3.07. The van der Waals surface area contributed by atoms with Crippen LogP contribution in [0.4, 0.5) is 0 Å². The number of aromatic nitrogens is 2. The highest BCUT2D eigenvalue weighted by Crippen LogP contribution is 2.20. The first-order valence-electron chi connectivity index (χ1n) is 8.85. The summed E-state index contributed by atoms with van der Waals surface area (Å²) < 4.78 is 12.5. The third-order valence-corrected chi connectivity index (χ3v) is 4.61. The van der Waals surface area contributed by atoms with Crippen molar-refractivity contribution in [2.24, 2.45) is 0 Å². The molecule has 0 radical (unpaired) electrons. The number of hydrogen-bond donors (Lipinski definition) is 2. The highest BCUT2D eigenvalue weighted by atomic mass is 32.1. The van der Waals surface area contributed by atoms with Crippen LogP contribution < -0.4 is 15.0 Å². The fourth-order valence-electron chi connectivity index (χ4n) is 2.83. The van der Waals surface area contributed by atoms with Gasteiger partial charge in [0.2, 0.25) is 5.89 Å². The summed E-state index contributed by atoms with van der Waals surface area (Å²) in [6, 6.07) is 15.0. The van der Waals surface area contributed by atoms with E-state index < -0.39 is 0 Å². The van der Waals surface area contributed by atoms with E-state index in [-0.39, 0.29) is 5.91 Å². The van der Waals surface area contributed by atoms with Crippen molar-refractivity contribution >= 4 is 18.1 Å². The zero-order valence-corrected chi connectivity index (χ0v) is 16.9. The Kier molecular flexibility index (Phi) is 6.23. The average Bonchev–Trinajstić information content (AvgIpc) is 3.08. The number of amides is 1. The van der Waals surface area contributed by atoms with Crippen molar-refractivity contribution in [3.05, 3.63) is 64.5 Å². The molecule has 7 nitrogen and oxygen atoms in total. The van der Waals surface area contributed by atoms with Gasteiger partial charge in [-0.05, 0) is 48.6 Å². The van der Waals surface area contributed by atoms with E-state index in [9.17, 15) is 4.79 Å². The molecule has 0 bridgehead atoms. The number of quaternary nitrogens is 1. The maximum absolute atomic E-state index is 11.6. The molecule has 1 aromatic heterocycles. The first-order valence-corrected chi connectivity index (χ1v) is 9.25. The summed E-state index contributed by atoms with van der Waals surface area (Å²) in [5, 5.41) is 7.11. The van der Waals surface area contributed by atoms with Crippen molar-refractivity contribution in [1.82, 2.24) is 15.1 Å². The Bertz CT molecular complexity index is 994. The number of carbonyl (C=O) groups is 1. The topological polar surface area (TPSA) is 73.7 Å². The van der Waals surface area contributed by atoms with Crippen LogP contribution in [-0.4, -0.2) is 36.9 Å². The quantitative estimate of drug-likeness (QED) is 0.594. The first-order chi connectivity index (χ1) is 13.5. The number of hydrogen-bond acceptors (Lipinski definition) is 5. The van der Waals surface area contributed by atoms with E-state index in [4.69, 9.17) is 21.4 Å². The molecule has 8 heteroatoms. The Hall–Kier alpha value is -2.97. The molecule has 146 valence electrons. The van der Waals surface area contributed by atoms with Crippen molar-refractivity contribution in [1.29, 1.82) is 0 Å². The molecule has 3 rings (SSSR count). The summed E-state index contributed by atoms with van der Waals surface area (Å²) in [7, 11) is 5.30. The lowest BCUT2D eigenvalue weighted by atomic mass is 10.1. The second-order valence-electron chi connectivity index (χ2n) is 6.47. The van der Waals surface area contributed by atoms with Crippen molar-refractivity contribution in [3.63, 3.8) is 0 Å². The number of carbonyl (C=O) groups excluding carboxylic acids is 1. The average molecular weight is 399 g/mol. The van der Waals surface area contributed by atoms with Gasteiger partial charge in [0.1, 0.15) is 12.3 Å². The second kappa shape index (κ2) is 8.81. The molecule has 1 atom stereocenters. The fraction of sp³-hybridized carbons (Fsp3) is 0.250. The monoisotopic (exact) mass is 399 g/mol. The van der Waals surface area contributed by atoms with Crippen LogP contribution in [0.2, 0.25) is 0 Å². The lowest BCUT2D eigenvalue weighted by Gasteiger charge is -2.13. The van der Waals surface area contributed by atoms with E-state index in [0.29, 0.717) is 23.0 Å². The van der Waals surface area contributed by atoms with Gasteiger partial charge in [0.25, 0.3) is 10.7 Å². The minimum atomic E-state index is -0.0905. The molecule has 2 N–H and O–H groups in total. The van der Waals surface area contributed by atoms with Gasteiger partial charge in [0, 0.05) is 23.7 Å². The van der Waals surface area contributed by atoms with Crippen LogP contribution in [0.3, 0.4) is 0 Å². The third-order valence-electron chi connectivity index (χ3n) is 4.31. The second-order valence-corrected chi connectivity index (χ2v) is 6.82. The van der Waals surface area contributed by atoms with Crippen LogP contribution in [0.15, 0.2) is 52.9 Å². The summed E-state index contributed by atoms with van der Waals surface area (Å²) in [5.74, 6) is 1.16. The number of rotatable bonds is 7. The van der Waals surface area contributed by atoms with E-state index in [1.54, 1.807) is 18.8 Å². The van der Waals surface area contributed by atoms with Gasteiger partial charge >= 0.3 is 0 Å². The van der Waals surface area contributed by atoms with Crippen LogP contribution in [0.25, 0.3) is 11.5 Å². The predicted octanol–water partition coefficient (Wildman–Crippen LogP) is 1.91. The van der Waals surface area contributed by atoms with Crippen LogP contribution in [0.5, 0.6) is 5.75 Å². The normalized spacial score (nSPS) is 11.8. The minimum Gasteiger partial charge on any atom is -0.497 e. The summed E-state index contributed by atoms with van der Waals surface area (Å²) in [5.41, 5.74) is 2.61. The maximum atomic E-state index is 11.6. The fourth-order valence-corrected chi connectivity index (χ4v) is 3.02. The smallest absolute Gasteiger partial charge is 0.292 e. The molecule has 0 aliphatic carbocycles. The standard InChI is InChI=1S/C20H22N4O3S/c1-21-18(25)15-6-4-14(5-7-15)12-23(2)13-24-20(28)27-19(22-24)16-8-10-17(26-3)11-9-16/h4-11H,12-13H2,1-3H3,(H,21,25)/p+1. The molecule has 3 aromatic rings. The molecule has 28 heavy (non-hydrogen) atoms. The molecular formula is C20H23N4O3S+. The maximum Gasteiger partial charge on any atom is 0.292 e. The van der Waals surface area contributed by atoms with E-state index in [2.05, 4.69) is 17.5 Å². The molecular weight excluding hydrogens is 376 g/mol. The number of nitrogens with zero attached hydrogens (tertiary/aromatic N) is 2. The highest BCUT2D eigenvalue weighted by molar-refractivity contribution is 7.71. The molecule has 2 aromatic carbocycles. The van der Waals surface area contributed by atoms with Gasteiger partial charge in [0.05, 0.1) is 14.2 Å². The SMILES string of the molecule is CNC(=O)c1ccc(C[NH+](C)Cn2nc(-c3ccc(OC)cc3)oc2=S)cc1. The largest absolute Gasteiger partial charge is 0.497 e. The van der Waals surface area contributed by atoms with Crippen LogP contribution in [0, 0.1) is 4.84 Å². The molecule has 0 saturated carbocycles. The Morgan fingerprint density at radius 3 is 2.50 bits per heavy atom. The van der Waals surface area contributed by atoms with Gasteiger partial charge in [-0.3, -0.25) is 4.79 Å². The van der Waals surface area contributed by atoms with Crippen LogP contribution >= 0.6 is 12.2 Å². The van der Waals surface area contributed by atoms with Gasteiger partial charge < -0.3 is 19.4 Å². The zero-order valence-electron chi connectivity index (χ0n) is 16.1. The Balaban J connectivity index is 1.67. The van der Waals surface area contributed by atoms with Crippen molar-refractivity contribution in [2.45, 2.75) is 13.2 Å². The van der Waals surface area contributed by atoms with Gasteiger partial charge in [0.15, 0.2) is 6.67 Å². The summed E-state index contributed by atoms with van der Waals surface area (Å²) in [6.45, 7) is 1.33. The molecule has 1 amide bonds. The molecule has 0 aliphatic heterocycles. The molecule has 0 saturated heterocycles. The molecule has 0 aliphatic rings. The summed E-state index contributed by atoms with van der Waals surface area (Å²) >= 11 is 5.31. The van der Waals surface area contributed by atoms with E-state index in [0.717, 1.165) is 23.4 Å². The first kappa shape index (κ1) is 19.8. The van der Waals surface area contributed by atoms with Crippen LogP contribution in [0.1, 0.15) is 15.9 Å². The molecule has 1 heterocycles. The van der Waals surface area contributed by atoms with E-state index >= 15 is 0 Å². The number of ether oxygens (including phenoxy) is 1. The number of methoxy groups -OCH3 is 1. The molecule has 0 fully saturated rings. The zero-order chi connectivity index (χ0) is 20.1. The molecule has 1 unspecified atom stereocenters. The van der Waals surface area contributed by atoms with Gasteiger partial charge in [-0.1, -0.05) is 12.1 Å². The van der Waals surface area contributed by atoms with Gasteiger partial charge in [-0.15, -0.1) is 5.10 Å². The van der Waals surface area contributed by atoms with Crippen molar-refractivity contribution in [3.8, 4) is 17.2 Å². The van der Waals surface area contributed by atoms with E-state index in [1.165, 1.54) is 4.90 Å². The summed E-state index contributed by atoms with van der Waals surface area (Å²) in [4.78, 5) is 13.1. The molecule has 0 spiro atoms. The predicted molar refractivity (Wildman–Crippen MR) is 108 cm³/mol. The Morgan fingerprint density at radius 1 is 1.21 bits per heavy atom. The number of benzene rings is 2. The Morgan fingerprint density at radius 2 is 1.89 bits per heavy atom.